The summed E-state index contributed by atoms with van der Waals surface area (Å²) >= 11 is 6.23. The molecule has 4 aliphatic carbocycles. The maximum atomic E-state index is 10.2. The number of aliphatic hydroxyl groups is 1. The Balaban J connectivity index is 1.49. The molecular formula is C24H28ClNO. The Morgan fingerprint density at radius 3 is 2.81 bits per heavy atom. The summed E-state index contributed by atoms with van der Waals surface area (Å²) in [6.07, 6.45) is 17.2. The van der Waals surface area contributed by atoms with Crippen LogP contribution in [0.3, 0.4) is 0 Å². The molecule has 2 saturated carbocycles. The number of aromatic nitrogens is 1. The van der Waals surface area contributed by atoms with Crippen LogP contribution in [-0.2, 0) is 0 Å². The minimum Gasteiger partial charge on any atom is -0.393 e. The number of aliphatic hydroxyl groups excluding tert-OH is 1. The van der Waals surface area contributed by atoms with Crippen LogP contribution in [0.5, 0.6) is 0 Å². The van der Waals surface area contributed by atoms with Gasteiger partial charge in [0.1, 0.15) is 0 Å². The van der Waals surface area contributed by atoms with Crippen LogP contribution >= 0.6 is 11.6 Å². The number of fused-ring (bicyclic) bond motifs is 5. The van der Waals surface area contributed by atoms with Crippen molar-refractivity contribution in [2.24, 2.45) is 22.7 Å². The molecule has 0 radical (unpaired) electrons. The summed E-state index contributed by atoms with van der Waals surface area (Å²) in [4.78, 5) is 4.32. The second kappa shape index (κ2) is 6.06. The number of hydrogen-bond acceptors (Lipinski definition) is 2. The van der Waals surface area contributed by atoms with Crippen LogP contribution < -0.4 is 0 Å². The van der Waals surface area contributed by atoms with E-state index in [1.807, 2.05) is 6.20 Å². The number of hydrogen-bond donors (Lipinski definition) is 1. The second-order valence-electron chi connectivity index (χ2n) is 9.46. The maximum Gasteiger partial charge on any atom is 0.0595 e. The summed E-state index contributed by atoms with van der Waals surface area (Å²) in [7, 11) is 0. The molecule has 1 aromatic rings. The Labute approximate surface area is 167 Å². The van der Waals surface area contributed by atoms with Gasteiger partial charge in [-0.2, -0.15) is 0 Å². The molecule has 0 spiro atoms. The van der Waals surface area contributed by atoms with Gasteiger partial charge in [-0.1, -0.05) is 54.8 Å². The van der Waals surface area contributed by atoms with Gasteiger partial charge in [0.05, 0.1) is 11.1 Å². The van der Waals surface area contributed by atoms with Crippen molar-refractivity contribution in [1.82, 2.24) is 4.98 Å². The van der Waals surface area contributed by atoms with Gasteiger partial charge in [0.2, 0.25) is 0 Å². The third kappa shape index (κ3) is 2.53. The van der Waals surface area contributed by atoms with E-state index >= 15 is 0 Å². The number of allylic oxidation sites excluding steroid dienone is 5. The number of pyridine rings is 1. The van der Waals surface area contributed by atoms with E-state index < -0.39 is 0 Å². The molecule has 1 N–H and O–H groups in total. The van der Waals surface area contributed by atoms with E-state index in [2.05, 4.69) is 43.1 Å². The molecule has 5 atom stereocenters. The molecule has 0 amide bonds. The van der Waals surface area contributed by atoms with Crippen LogP contribution in [0.2, 0.25) is 5.02 Å². The van der Waals surface area contributed by atoms with Gasteiger partial charge in [0.25, 0.3) is 0 Å². The van der Waals surface area contributed by atoms with Crippen molar-refractivity contribution in [3.63, 3.8) is 0 Å². The van der Waals surface area contributed by atoms with E-state index in [9.17, 15) is 5.11 Å². The lowest BCUT2D eigenvalue weighted by molar-refractivity contribution is 0.0369. The molecule has 3 heteroatoms. The van der Waals surface area contributed by atoms with E-state index in [1.54, 1.807) is 11.8 Å². The van der Waals surface area contributed by atoms with Crippen LogP contribution in [0.4, 0.5) is 0 Å². The first-order chi connectivity index (χ1) is 12.9. The molecule has 4 aliphatic rings. The van der Waals surface area contributed by atoms with Gasteiger partial charge >= 0.3 is 0 Å². The molecule has 5 rings (SSSR count). The van der Waals surface area contributed by atoms with Crippen LogP contribution in [0, 0.1) is 22.7 Å². The summed E-state index contributed by atoms with van der Waals surface area (Å²) in [5.74, 6) is 1.32. The highest BCUT2D eigenvalue weighted by molar-refractivity contribution is 6.30. The molecule has 0 saturated heterocycles. The summed E-state index contributed by atoms with van der Waals surface area (Å²) in [6.45, 7) is 4.88. The summed E-state index contributed by atoms with van der Waals surface area (Å²) in [5, 5.41) is 10.9. The summed E-state index contributed by atoms with van der Waals surface area (Å²) < 4.78 is 0. The zero-order valence-corrected chi connectivity index (χ0v) is 17.0. The molecule has 1 heterocycles. The van der Waals surface area contributed by atoms with E-state index in [0.29, 0.717) is 16.9 Å². The van der Waals surface area contributed by atoms with E-state index in [4.69, 9.17) is 11.6 Å². The second-order valence-corrected chi connectivity index (χ2v) is 9.89. The van der Waals surface area contributed by atoms with E-state index in [-0.39, 0.29) is 16.9 Å². The standard InChI is InChI=1S/C24H28ClNO/c1-23-9-7-18(27)12-16(23)3-4-19-21-6-5-20(15-11-17(25)14-26-13-15)24(21,2)10-8-22(19)23/h3,5-6,11,13-14,18-19,22,27H,4,7-10,12H2,1-2H3/t18-,19-,22-,23-,24+/m0/s1. The Morgan fingerprint density at radius 2 is 2.00 bits per heavy atom. The molecule has 2 fully saturated rings. The fraction of sp³-hybridized carbons (Fsp3) is 0.542. The first-order valence-corrected chi connectivity index (χ1v) is 10.7. The third-order valence-electron chi connectivity index (χ3n) is 8.14. The summed E-state index contributed by atoms with van der Waals surface area (Å²) in [5.41, 5.74) is 6.04. The van der Waals surface area contributed by atoms with Gasteiger partial charge in [0, 0.05) is 17.8 Å². The fourth-order valence-corrected chi connectivity index (χ4v) is 6.80. The lowest BCUT2D eigenvalue weighted by Gasteiger charge is -2.56. The molecule has 27 heavy (non-hydrogen) atoms. The van der Waals surface area contributed by atoms with Crippen molar-refractivity contribution >= 4 is 17.2 Å². The highest BCUT2D eigenvalue weighted by atomic mass is 35.5. The van der Waals surface area contributed by atoms with Gasteiger partial charge < -0.3 is 5.11 Å². The molecule has 2 nitrogen and oxygen atoms in total. The zero-order valence-electron chi connectivity index (χ0n) is 16.2. The highest BCUT2D eigenvalue weighted by Crippen LogP contribution is 2.64. The monoisotopic (exact) mass is 381 g/mol. The van der Waals surface area contributed by atoms with Crippen LogP contribution in [0.1, 0.15) is 57.9 Å². The van der Waals surface area contributed by atoms with Crippen molar-refractivity contribution in [3.8, 4) is 0 Å². The zero-order chi connectivity index (χ0) is 18.8. The van der Waals surface area contributed by atoms with Gasteiger partial charge in [-0.3, -0.25) is 4.98 Å². The topological polar surface area (TPSA) is 33.1 Å². The predicted molar refractivity (Wildman–Crippen MR) is 110 cm³/mol. The van der Waals surface area contributed by atoms with E-state index in [0.717, 1.165) is 31.2 Å². The van der Waals surface area contributed by atoms with Crippen molar-refractivity contribution in [2.45, 2.75) is 58.5 Å². The smallest absolute Gasteiger partial charge is 0.0595 e. The number of rotatable bonds is 1. The predicted octanol–water partition coefficient (Wildman–Crippen LogP) is 5.97. The largest absolute Gasteiger partial charge is 0.393 e. The minimum absolute atomic E-state index is 0.101. The summed E-state index contributed by atoms with van der Waals surface area (Å²) in [6, 6.07) is 2.05. The fourth-order valence-electron chi connectivity index (χ4n) is 6.62. The Morgan fingerprint density at radius 1 is 1.15 bits per heavy atom. The number of nitrogens with zero attached hydrogens (tertiary/aromatic N) is 1. The van der Waals surface area contributed by atoms with Gasteiger partial charge in [-0.25, -0.2) is 0 Å². The SMILES string of the molecule is C[C@]12CC[C@H]3[C@@H](CC=C4C[C@@H](O)CC[C@@]43C)C1=CC=C2c1cncc(Cl)c1. The molecule has 0 unspecified atom stereocenters. The van der Waals surface area contributed by atoms with Crippen LogP contribution in [0.15, 0.2) is 47.8 Å². The molecule has 1 aromatic heterocycles. The molecule has 0 bridgehead atoms. The minimum atomic E-state index is -0.135. The average molecular weight is 382 g/mol. The molecule has 0 aromatic carbocycles. The molecule has 0 aliphatic heterocycles. The van der Waals surface area contributed by atoms with Gasteiger partial charge in [0.15, 0.2) is 0 Å². The Hall–Kier alpha value is -1.38. The lowest BCUT2D eigenvalue weighted by Crippen LogP contribution is -2.47. The molecule has 142 valence electrons. The van der Waals surface area contributed by atoms with Gasteiger partial charge in [-0.05, 0) is 73.0 Å². The first-order valence-electron chi connectivity index (χ1n) is 10.3. The molecular weight excluding hydrogens is 354 g/mol. The Kier molecular flexibility index (Phi) is 3.97. The normalized spacial score (nSPS) is 40.3. The maximum absolute atomic E-state index is 10.2. The van der Waals surface area contributed by atoms with Crippen molar-refractivity contribution in [2.75, 3.05) is 0 Å². The van der Waals surface area contributed by atoms with Crippen LogP contribution in [-0.4, -0.2) is 16.2 Å². The van der Waals surface area contributed by atoms with Gasteiger partial charge in [-0.15, -0.1) is 0 Å². The average Bonchev–Trinajstić information content (AvgIpc) is 2.99. The third-order valence-corrected chi connectivity index (χ3v) is 8.35. The van der Waals surface area contributed by atoms with E-state index in [1.165, 1.54) is 24.0 Å². The lowest BCUT2D eigenvalue weighted by atomic mass is 9.49. The van der Waals surface area contributed by atoms with Crippen LogP contribution in [0.25, 0.3) is 5.57 Å². The number of halogens is 1. The Bertz CT molecular complexity index is 884. The van der Waals surface area contributed by atoms with Crippen molar-refractivity contribution in [1.29, 1.82) is 0 Å². The first kappa shape index (κ1) is 17.7. The highest BCUT2D eigenvalue weighted by Gasteiger charge is 2.54. The quantitative estimate of drug-likeness (QED) is 0.607. The van der Waals surface area contributed by atoms with Crippen molar-refractivity contribution in [3.05, 3.63) is 58.4 Å². The van der Waals surface area contributed by atoms with Crippen molar-refractivity contribution < 1.29 is 5.11 Å².